The molecule has 2 heteroatoms. The van der Waals surface area contributed by atoms with Crippen LogP contribution < -0.4 is 5.32 Å². The second-order valence-corrected chi connectivity index (χ2v) is 7.35. The van der Waals surface area contributed by atoms with Gasteiger partial charge in [0.05, 0.1) is 0 Å². The van der Waals surface area contributed by atoms with Gasteiger partial charge in [0, 0.05) is 11.6 Å². The van der Waals surface area contributed by atoms with Crippen molar-refractivity contribution in [3.63, 3.8) is 0 Å². The molecule has 1 aliphatic heterocycles. The predicted octanol–water partition coefficient (Wildman–Crippen LogP) is 5.14. The molecule has 1 N–H and O–H groups in total. The Balaban J connectivity index is 0.00000147. The van der Waals surface area contributed by atoms with Crippen molar-refractivity contribution < 1.29 is 0 Å². The smallest absolute Gasteiger partial charge is 0.0299 e. The summed E-state index contributed by atoms with van der Waals surface area (Å²) in [4.78, 5) is 0. The zero-order chi connectivity index (χ0) is 13.5. The first-order chi connectivity index (χ1) is 9.03. The summed E-state index contributed by atoms with van der Waals surface area (Å²) in [6.45, 7) is 7.21. The molecule has 1 fully saturated rings. The molecule has 0 amide bonds. The number of hydrogen-bond acceptors (Lipinski definition) is 1. The van der Waals surface area contributed by atoms with Crippen LogP contribution in [0.3, 0.4) is 0 Å². The molecule has 1 nitrogen and oxygen atoms in total. The fourth-order valence-corrected chi connectivity index (χ4v) is 4.57. The van der Waals surface area contributed by atoms with Crippen LogP contribution in [0.1, 0.15) is 76.5 Å². The third-order valence-corrected chi connectivity index (χ3v) is 5.27. The molecule has 1 spiro atoms. The average molecular weight is 294 g/mol. The Bertz CT molecular complexity index is 460. The Morgan fingerprint density at radius 3 is 2.40 bits per heavy atom. The Morgan fingerprint density at radius 1 is 1.05 bits per heavy atom. The number of nitrogens with one attached hydrogen (secondary N) is 1. The standard InChI is InChI=1S/C18H27N.ClH/c1-14-15-9-5-6-10-16(15)17(2,3)13-18(19-14)11-7-4-8-12-18;/h5-6,9-10,14,19H,4,7-8,11-13H2,1-3H3;1H. The van der Waals surface area contributed by atoms with E-state index >= 15 is 0 Å². The summed E-state index contributed by atoms with van der Waals surface area (Å²) in [6, 6.07) is 9.53. The minimum absolute atomic E-state index is 0. The number of fused-ring (bicyclic) bond motifs is 1. The lowest BCUT2D eigenvalue weighted by molar-refractivity contribution is 0.174. The van der Waals surface area contributed by atoms with E-state index in [0.717, 1.165) is 0 Å². The largest absolute Gasteiger partial charge is 0.305 e. The maximum absolute atomic E-state index is 4.01. The van der Waals surface area contributed by atoms with Crippen molar-refractivity contribution in [2.45, 2.75) is 76.3 Å². The van der Waals surface area contributed by atoms with Gasteiger partial charge in [0.2, 0.25) is 0 Å². The van der Waals surface area contributed by atoms with Gasteiger partial charge >= 0.3 is 0 Å². The van der Waals surface area contributed by atoms with E-state index in [1.165, 1.54) is 44.1 Å². The molecule has 2 aliphatic rings. The van der Waals surface area contributed by atoms with Crippen molar-refractivity contribution >= 4 is 12.4 Å². The third kappa shape index (κ3) is 2.76. The maximum Gasteiger partial charge on any atom is 0.0299 e. The van der Waals surface area contributed by atoms with Crippen molar-refractivity contribution in [1.82, 2.24) is 5.32 Å². The van der Waals surface area contributed by atoms with Gasteiger partial charge in [-0.05, 0) is 42.7 Å². The molecule has 0 bridgehead atoms. The molecule has 0 radical (unpaired) electrons. The summed E-state index contributed by atoms with van der Waals surface area (Å²) >= 11 is 0. The van der Waals surface area contributed by atoms with Crippen LogP contribution in [0.5, 0.6) is 0 Å². The molecule has 0 aromatic heterocycles. The fourth-order valence-electron chi connectivity index (χ4n) is 4.57. The molecule has 1 unspecified atom stereocenters. The van der Waals surface area contributed by atoms with Crippen molar-refractivity contribution in [2.24, 2.45) is 0 Å². The van der Waals surface area contributed by atoms with Crippen LogP contribution in [0.2, 0.25) is 0 Å². The second kappa shape index (κ2) is 5.69. The van der Waals surface area contributed by atoms with Crippen LogP contribution in [0.4, 0.5) is 0 Å². The first kappa shape index (κ1) is 15.9. The predicted molar refractivity (Wildman–Crippen MR) is 88.7 cm³/mol. The van der Waals surface area contributed by atoms with E-state index in [0.29, 0.717) is 11.6 Å². The van der Waals surface area contributed by atoms with Crippen molar-refractivity contribution in [2.75, 3.05) is 0 Å². The zero-order valence-corrected chi connectivity index (χ0v) is 13.9. The Hall–Kier alpha value is -0.530. The van der Waals surface area contributed by atoms with Gasteiger partial charge in [-0.2, -0.15) is 0 Å². The number of benzene rings is 1. The van der Waals surface area contributed by atoms with Gasteiger partial charge in [-0.15, -0.1) is 12.4 Å². The molecule has 20 heavy (non-hydrogen) atoms. The highest BCUT2D eigenvalue weighted by Crippen LogP contribution is 2.45. The summed E-state index contributed by atoms with van der Waals surface area (Å²) < 4.78 is 0. The second-order valence-electron chi connectivity index (χ2n) is 7.35. The van der Waals surface area contributed by atoms with E-state index in [9.17, 15) is 0 Å². The number of hydrogen-bond donors (Lipinski definition) is 1. The van der Waals surface area contributed by atoms with Crippen LogP contribution in [-0.2, 0) is 5.41 Å². The van der Waals surface area contributed by atoms with E-state index in [2.05, 4.69) is 50.4 Å². The lowest BCUT2D eigenvalue weighted by Crippen LogP contribution is -2.49. The van der Waals surface area contributed by atoms with Crippen molar-refractivity contribution in [3.05, 3.63) is 35.4 Å². The van der Waals surface area contributed by atoms with E-state index in [1.807, 2.05) is 0 Å². The van der Waals surface area contributed by atoms with Gasteiger partial charge in [0.1, 0.15) is 0 Å². The number of rotatable bonds is 0. The van der Waals surface area contributed by atoms with Crippen LogP contribution in [0.25, 0.3) is 0 Å². The van der Waals surface area contributed by atoms with Gasteiger partial charge < -0.3 is 5.32 Å². The van der Waals surface area contributed by atoms with E-state index in [1.54, 1.807) is 5.56 Å². The molecular formula is C18H28ClN. The van der Waals surface area contributed by atoms with E-state index < -0.39 is 0 Å². The van der Waals surface area contributed by atoms with Gasteiger partial charge in [0.15, 0.2) is 0 Å². The highest BCUT2D eigenvalue weighted by molar-refractivity contribution is 5.85. The third-order valence-electron chi connectivity index (χ3n) is 5.27. The maximum atomic E-state index is 4.01. The summed E-state index contributed by atoms with van der Waals surface area (Å²) in [6.07, 6.45) is 8.20. The average Bonchev–Trinajstić information content (AvgIpc) is 2.45. The number of halogens is 1. The van der Waals surface area contributed by atoms with Gasteiger partial charge in [0.25, 0.3) is 0 Å². The molecule has 1 aromatic rings. The normalized spacial score (nSPS) is 27.2. The Labute approximate surface area is 130 Å². The summed E-state index contributed by atoms with van der Waals surface area (Å²) in [7, 11) is 0. The molecule has 1 aliphatic carbocycles. The SMILES string of the molecule is CC1NC2(CCCCC2)CC(C)(C)c2ccccc21.Cl. The molecule has 0 saturated heterocycles. The Kier molecular flexibility index (Phi) is 4.51. The topological polar surface area (TPSA) is 12.0 Å². The van der Waals surface area contributed by atoms with Crippen LogP contribution in [0.15, 0.2) is 24.3 Å². The highest BCUT2D eigenvalue weighted by Gasteiger charge is 2.42. The molecule has 3 rings (SSSR count). The highest BCUT2D eigenvalue weighted by atomic mass is 35.5. The minimum atomic E-state index is 0. The lowest BCUT2D eigenvalue weighted by Gasteiger charge is -2.42. The first-order valence-corrected chi connectivity index (χ1v) is 7.90. The first-order valence-electron chi connectivity index (χ1n) is 7.90. The molecule has 1 atom stereocenters. The van der Waals surface area contributed by atoms with Gasteiger partial charge in [-0.1, -0.05) is 57.4 Å². The minimum Gasteiger partial charge on any atom is -0.305 e. The molecule has 1 aromatic carbocycles. The van der Waals surface area contributed by atoms with Crippen molar-refractivity contribution in [3.8, 4) is 0 Å². The lowest BCUT2D eigenvalue weighted by atomic mass is 9.69. The van der Waals surface area contributed by atoms with E-state index in [4.69, 9.17) is 0 Å². The quantitative estimate of drug-likeness (QED) is 0.698. The van der Waals surface area contributed by atoms with Crippen molar-refractivity contribution in [1.29, 1.82) is 0 Å². The van der Waals surface area contributed by atoms with Crippen LogP contribution in [0, 0.1) is 0 Å². The molecule has 112 valence electrons. The summed E-state index contributed by atoms with van der Waals surface area (Å²) in [5.74, 6) is 0. The summed E-state index contributed by atoms with van der Waals surface area (Å²) in [5.41, 5.74) is 3.72. The summed E-state index contributed by atoms with van der Waals surface area (Å²) in [5, 5.41) is 4.01. The van der Waals surface area contributed by atoms with Crippen LogP contribution in [-0.4, -0.2) is 5.54 Å². The fraction of sp³-hybridized carbons (Fsp3) is 0.667. The monoisotopic (exact) mass is 293 g/mol. The zero-order valence-electron chi connectivity index (χ0n) is 13.0. The van der Waals surface area contributed by atoms with E-state index in [-0.39, 0.29) is 17.8 Å². The van der Waals surface area contributed by atoms with Crippen LogP contribution >= 0.6 is 12.4 Å². The molecular weight excluding hydrogens is 266 g/mol. The van der Waals surface area contributed by atoms with Gasteiger partial charge in [-0.25, -0.2) is 0 Å². The Morgan fingerprint density at radius 2 is 1.70 bits per heavy atom. The molecule has 1 saturated carbocycles. The molecule has 1 heterocycles. The van der Waals surface area contributed by atoms with Gasteiger partial charge in [-0.3, -0.25) is 0 Å².